The molecule has 1 rings (SSSR count). The van der Waals surface area contributed by atoms with E-state index in [4.69, 9.17) is 5.73 Å². The molecule has 1 amide bonds. The summed E-state index contributed by atoms with van der Waals surface area (Å²) in [6, 6.07) is -0.327. The first-order chi connectivity index (χ1) is 7.54. The van der Waals surface area contributed by atoms with Crippen molar-refractivity contribution in [1.82, 2.24) is 9.80 Å². The molecule has 2 atom stereocenters. The number of likely N-dealkylation sites (tertiary alicyclic amines) is 1. The van der Waals surface area contributed by atoms with Crippen molar-refractivity contribution in [1.29, 1.82) is 0 Å². The minimum atomic E-state index is -0.327. The normalized spacial score (nSPS) is 24.1. The first-order valence-corrected chi connectivity index (χ1v) is 6.23. The van der Waals surface area contributed by atoms with E-state index in [-0.39, 0.29) is 11.9 Å². The highest BCUT2D eigenvalue weighted by Gasteiger charge is 2.22. The van der Waals surface area contributed by atoms with Crippen molar-refractivity contribution in [3.63, 3.8) is 0 Å². The van der Waals surface area contributed by atoms with Gasteiger partial charge in [0, 0.05) is 20.1 Å². The van der Waals surface area contributed by atoms with Crippen molar-refractivity contribution in [2.45, 2.75) is 32.2 Å². The van der Waals surface area contributed by atoms with Gasteiger partial charge in [-0.15, -0.1) is 0 Å². The van der Waals surface area contributed by atoms with E-state index in [1.54, 1.807) is 4.90 Å². The molecule has 2 N–H and O–H groups in total. The predicted molar refractivity (Wildman–Crippen MR) is 66.1 cm³/mol. The first kappa shape index (κ1) is 13.5. The lowest BCUT2D eigenvalue weighted by Gasteiger charge is -2.33. The lowest BCUT2D eigenvalue weighted by atomic mass is 9.98. The maximum atomic E-state index is 11.8. The third-order valence-corrected chi connectivity index (χ3v) is 3.39. The molecule has 16 heavy (non-hydrogen) atoms. The number of carbonyl (C=O) groups is 1. The third-order valence-electron chi connectivity index (χ3n) is 3.39. The Labute approximate surface area is 98.8 Å². The zero-order chi connectivity index (χ0) is 12.1. The van der Waals surface area contributed by atoms with Gasteiger partial charge in [-0.1, -0.05) is 6.92 Å². The van der Waals surface area contributed by atoms with Gasteiger partial charge in [-0.3, -0.25) is 4.79 Å². The summed E-state index contributed by atoms with van der Waals surface area (Å²) in [7, 11) is 4.01. The Kier molecular flexibility index (Phi) is 5.22. The van der Waals surface area contributed by atoms with E-state index in [2.05, 4.69) is 11.9 Å². The Bertz CT molecular complexity index is 232. The third kappa shape index (κ3) is 3.76. The summed E-state index contributed by atoms with van der Waals surface area (Å²) in [6.45, 7) is 5.07. The van der Waals surface area contributed by atoms with Crippen molar-refractivity contribution < 1.29 is 4.79 Å². The van der Waals surface area contributed by atoms with Gasteiger partial charge in [-0.2, -0.15) is 0 Å². The molecule has 0 aliphatic carbocycles. The van der Waals surface area contributed by atoms with Crippen molar-refractivity contribution in [3.8, 4) is 0 Å². The maximum Gasteiger partial charge on any atom is 0.239 e. The van der Waals surface area contributed by atoms with Gasteiger partial charge < -0.3 is 15.5 Å². The van der Waals surface area contributed by atoms with Crippen molar-refractivity contribution in [2.75, 3.05) is 33.7 Å². The molecule has 0 aromatic rings. The number of nitrogens with zero attached hydrogens (tertiary/aromatic N) is 2. The van der Waals surface area contributed by atoms with Gasteiger partial charge in [0.05, 0.1) is 6.04 Å². The predicted octanol–water partition coefficient (Wildman–Crippen LogP) is 0.524. The second kappa shape index (κ2) is 6.21. The molecule has 1 unspecified atom stereocenters. The van der Waals surface area contributed by atoms with Crippen LogP contribution in [0.1, 0.15) is 26.2 Å². The summed E-state index contributed by atoms with van der Waals surface area (Å²) in [6.07, 6.45) is 3.18. The summed E-state index contributed by atoms with van der Waals surface area (Å²) in [5, 5.41) is 0. The fraction of sp³-hybridized carbons (Fsp3) is 0.917. The molecular formula is C12H25N3O. The second-order valence-electron chi connectivity index (χ2n) is 5.00. The zero-order valence-corrected chi connectivity index (χ0v) is 10.8. The van der Waals surface area contributed by atoms with E-state index in [0.29, 0.717) is 12.3 Å². The highest BCUT2D eigenvalue weighted by atomic mass is 16.2. The highest BCUT2D eigenvalue weighted by molar-refractivity contribution is 5.81. The summed E-state index contributed by atoms with van der Waals surface area (Å²) < 4.78 is 0. The summed E-state index contributed by atoms with van der Waals surface area (Å²) in [5.41, 5.74) is 5.75. The smallest absolute Gasteiger partial charge is 0.239 e. The van der Waals surface area contributed by atoms with Gasteiger partial charge in [0.15, 0.2) is 0 Å². The number of amides is 1. The molecule has 94 valence electrons. The standard InChI is InChI=1S/C12H25N3O/c1-4-11(13)12(16)15(3)9-10-6-5-7-14(2)8-10/h10-11H,4-9,13H2,1-3H3/t10?,11-/m0/s1. The van der Waals surface area contributed by atoms with Crippen molar-refractivity contribution in [2.24, 2.45) is 11.7 Å². The van der Waals surface area contributed by atoms with Gasteiger partial charge in [0.1, 0.15) is 0 Å². The zero-order valence-electron chi connectivity index (χ0n) is 10.8. The summed E-state index contributed by atoms with van der Waals surface area (Å²) >= 11 is 0. The molecule has 0 bridgehead atoms. The van der Waals surface area contributed by atoms with Gasteiger partial charge in [0.25, 0.3) is 0 Å². The van der Waals surface area contributed by atoms with Crippen molar-refractivity contribution >= 4 is 5.91 Å². The average Bonchev–Trinajstić information content (AvgIpc) is 2.27. The van der Waals surface area contributed by atoms with Gasteiger partial charge >= 0.3 is 0 Å². The quantitative estimate of drug-likeness (QED) is 0.762. The average molecular weight is 227 g/mol. The molecule has 4 heteroatoms. The molecular weight excluding hydrogens is 202 g/mol. The number of hydrogen-bond donors (Lipinski definition) is 1. The molecule has 1 saturated heterocycles. The maximum absolute atomic E-state index is 11.8. The lowest BCUT2D eigenvalue weighted by Crippen LogP contribution is -2.45. The van der Waals surface area contributed by atoms with Crippen LogP contribution in [0.3, 0.4) is 0 Å². The lowest BCUT2D eigenvalue weighted by molar-refractivity contribution is -0.132. The van der Waals surface area contributed by atoms with Gasteiger partial charge in [0.2, 0.25) is 5.91 Å². The minimum absolute atomic E-state index is 0.0794. The Morgan fingerprint density at radius 1 is 1.62 bits per heavy atom. The second-order valence-corrected chi connectivity index (χ2v) is 5.00. The van der Waals surface area contributed by atoms with E-state index in [9.17, 15) is 4.79 Å². The van der Waals surface area contributed by atoms with Gasteiger partial charge in [-0.05, 0) is 38.8 Å². The van der Waals surface area contributed by atoms with E-state index in [1.807, 2.05) is 14.0 Å². The fourth-order valence-corrected chi connectivity index (χ4v) is 2.36. The topological polar surface area (TPSA) is 49.6 Å². The molecule has 1 aliphatic rings. The van der Waals surface area contributed by atoms with E-state index in [1.165, 1.54) is 19.4 Å². The molecule has 1 aliphatic heterocycles. The van der Waals surface area contributed by atoms with Crippen LogP contribution in [0.15, 0.2) is 0 Å². The van der Waals surface area contributed by atoms with Crippen LogP contribution >= 0.6 is 0 Å². The van der Waals surface area contributed by atoms with Crippen LogP contribution in [0, 0.1) is 5.92 Å². The Morgan fingerprint density at radius 2 is 2.31 bits per heavy atom. The fourth-order valence-electron chi connectivity index (χ4n) is 2.36. The Morgan fingerprint density at radius 3 is 2.88 bits per heavy atom. The number of rotatable bonds is 4. The number of likely N-dealkylation sites (N-methyl/N-ethyl adjacent to an activating group) is 1. The molecule has 0 saturated carbocycles. The largest absolute Gasteiger partial charge is 0.344 e. The molecule has 0 radical (unpaired) electrons. The molecule has 1 fully saturated rings. The first-order valence-electron chi connectivity index (χ1n) is 6.23. The van der Waals surface area contributed by atoms with Crippen LogP contribution in [0.25, 0.3) is 0 Å². The van der Waals surface area contributed by atoms with E-state index >= 15 is 0 Å². The van der Waals surface area contributed by atoms with Crippen molar-refractivity contribution in [3.05, 3.63) is 0 Å². The minimum Gasteiger partial charge on any atom is -0.344 e. The highest BCUT2D eigenvalue weighted by Crippen LogP contribution is 2.16. The number of hydrogen-bond acceptors (Lipinski definition) is 3. The van der Waals surface area contributed by atoms with Crippen LogP contribution in [-0.4, -0.2) is 55.5 Å². The van der Waals surface area contributed by atoms with Crippen LogP contribution < -0.4 is 5.73 Å². The number of nitrogens with two attached hydrogens (primary N) is 1. The summed E-state index contributed by atoms with van der Waals surface area (Å²) in [4.78, 5) is 16.0. The van der Waals surface area contributed by atoms with Crippen LogP contribution in [0.2, 0.25) is 0 Å². The van der Waals surface area contributed by atoms with Crippen LogP contribution in [0.5, 0.6) is 0 Å². The number of carbonyl (C=O) groups excluding carboxylic acids is 1. The molecule has 0 spiro atoms. The van der Waals surface area contributed by atoms with Crippen LogP contribution in [-0.2, 0) is 4.79 Å². The Hall–Kier alpha value is -0.610. The molecule has 1 heterocycles. The molecule has 0 aromatic heterocycles. The monoisotopic (exact) mass is 227 g/mol. The van der Waals surface area contributed by atoms with Crippen LogP contribution in [0.4, 0.5) is 0 Å². The Balaban J connectivity index is 2.38. The summed E-state index contributed by atoms with van der Waals surface area (Å²) in [5.74, 6) is 0.687. The number of piperidine rings is 1. The molecule has 0 aromatic carbocycles. The molecule has 4 nitrogen and oxygen atoms in total. The van der Waals surface area contributed by atoms with E-state index in [0.717, 1.165) is 13.1 Å². The SMILES string of the molecule is CC[C@H](N)C(=O)N(C)CC1CCCN(C)C1. The van der Waals surface area contributed by atoms with E-state index < -0.39 is 0 Å². The van der Waals surface area contributed by atoms with Gasteiger partial charge in [-0.25, -0.2) is 0 Å².